The largest absolute Gasteiger partial charge is 0.493 e. The van der Waals surface area contributed by atoms with Crippen molar-refractivity contribution in [3.63, 3.8) is 0 Å². The number of hydrogen-bond acceptors (Lipinski definition) is 6. The predicted octanol–water partition coefficient (Wildman–Crippen LogP) is 0.684. The number of carbonyl (C=O) groups excluding carboxylic acids is 1. The zero-order valence-electron chi connectivity index (χ0n) is 14.3. The molecule has 0 radical (unpaired) electrons. The molecule has 0 aromatic heterocycles. The Morgan fingerprint density at radius 1 is 1.24 bits per heavy atom. The summed E-state index contributed by atoms with van der Waals surface area (Å²) in [6.45, 7) is 2.23. The van der Waals surface area contributed by atoms with Gasteiger partial charge < -0.3 is 20.5 Å². The summed E-state index contributed by atoms with van der Waals surface area (Å²) in [6, 6.07) is 3.32. The molecule has 1 heterocycles. The molecule has 0 fully saturated rings. The van der Waals surface area contributed by atoms with E-state index in [0.29, 0.717) is 36.6 Å². The standard InChI is InChI=1S/C16H25N3O5S/c1-25(22,23)19-13-5-6-14(12-4-7-15(21)18-16(12)13)24-11-3-9-17-8-2-10-20/h5-6,17,19-20H,2-4,7-11H2,1H3,(H,18,21). The van der Waals surface area contributed by atoms with E-state index in [0.717, 1.165) is 37.8 Å². The van der Waals surface area contributed by atoms with Crippen molar-refractivity contribution in [2.24, 2.45) is 0 Å². The highest BCUT2D eigenvalue weighted by Crippen LogP contribution is 2.37. The Hall–Kier alpha value is -1.84. The topological polar surface area (TPSA) is 117 Å². The first kappa shape index (κ1) is 19.5. The van der Waals surface area contributed by atoms with Crippen molar-refractivity contribution < 1.29 is 23.1 Å². The maximum Gasteiger partial charge on any atom is 0.229 e. The number of aliphatic hydroxyl groups is 1. The zero-order valence-corrected chi connectivity index (χ0v) is 15.1. The fourth-order valence-corrected chi connectivity index (χ4v) is 3.16. The SMILES string of the molecule is CS(=O)(=O)Nc1ccc(OCCCNCCCO)c2c1NC(=O)CC2. The molecule has 1 aliphatic heterocycles. The lowest BCUT2D eigenvalue weighted by Crippen LogP contribution is -2.23. The van der Waals surface area contributed by atoms with Gasteiger partial charge in [-0.25, -0.2) is 8.42 Å². The van der Waals surface area contributed by atoms with Gasteiger partial charge in [-0.05, 0) is 44.5 Å². The Kier molecular flexibility index (Phi) is 7.03. The summed E-state index contributed by atoms with van der Waals surface area (Å²) in [6.07, 6.45) is 3.44. The van der Waals surface area contributed by atoms with Crippen molar-refractivity contribution in [3.05, 3.63) is 17.7 Å². The number of hydrogen-bond donors (Lipinski definition) is 4. The molecule has 140 valence electrons. The van der Waals surface area contributed by atoms with E-state index in [4.69, 9.17) is 9.84 Å². The van der Waals surface area contributed by atoms with Crippen molar-refractivity contribution in [2.45, 2.75) is 25.7 Å². The molecule has 9 heteroatoms. The number of sulfonamides is 1. The second-order valence-corrected chi connectivity index (χ2v) is 7.66. The van der Waals surface area contributed by atoms with E-state index in [1.807, 2.05) is 0 Å². The van der Waals surface area contributed by atoms with Gasteiger partial charge in [0.2, 0.25) is 15.9 Å². The minimum Gasteiger partial charge on any atom is -0.493 e. The van der Waals surface area contributed by atoms with Gasteiger partial charge in [0.05, 0.1) is 24.2 Å². The van der Waals surface area contributed by atoms with Crippen molar-refractivity contribution in [2.75, 3.05) is 42.6 Å². The van der Waals surface area contributed by atoms with Gasteiger partial charge in [-0.15, -0.1) is 0 Å². The van der Waals surface area contributed by atoms with Crippen LogP contribution in [0.4, 0.5) is 11.4 Å². The molecule has 0 bridgehead atoms. The summed E-state index contributed by atoms with van der Waals surface area (Å²) >= 11 is 0. The van der Waals surface area contributed by atoms with Crippen LogP contribution >= 0.6 is 0 Å². The lowest BCUT2D eigenvalue weighted by Gasteiger charge is -2.23. The van der Waals surface area contributed by atoms with Gasteiger partial charge >= 0.3 is 0 Å². The van der Waals surface area contributed by atoms with E-state index in [1.54, 1.807) is 12.1 Å². The Morgan fingerprint density at radius 3 is 2.72 bits per heavy atom. The van der Waals surface area contributed by atoms with Crippen LogP contribution in [-0.2, 0) is 21.2 Å². The van der Waals surface area contributed by atoms with Gasteiger partial charge in [-0.3, -0.25) is 9.52 Å². The van der Waals surface area contributed by atoms with Crippen molar-refractivity contribution in [1.29, 1.82) is 0 Å². The van der Waals surface area contributed by atoms with Crippen LogP contribution in [0.5, 0.6) is 5.75 Å². The van der Waals surface area contributed by atoms with Crippen LogP contribution in [0, 0.1) is 0 Å². The second kappa shape index (κ2) is 9.02. The van der Waals surface area contributed by atoms with Gasteiger partial charge in [0, 0.05) is 18.6 Å². The first-order valence-corrected chi connectivity index (χ1v) is 10.2. The van der Waals surface area contributed by atoms with Crippen LogP contribution < -0.4 is 20.1 Å². The van der Waals surface area contributed by atoms with Gasteiger partial charge in [0.15, 0.2) is 0 Å². The lowest BCUT2D eigenvalue weighted by molar-refractivity contribution is -0.116. The molecule has 1 aromatic carbocycles. The summed E-state index contributed by atoms with van der Waals surface area (Å²) < 4.78 is 31.2. The summed E-state index contributed by atoms with van der Waals surface area (Å²) in [4.78, 5) is 11.7. The smallest absolute Gasteiger partial charge is 0.229 e. The molecular weight excluding hydrogens is 346 g/mol. The molecule has 0 saturated heterocycles. The highest BCUT2D eigenvalue weighted by molar-refractivity contribution is 7.92. The molecule has 2 rings (SSSR count). The highest BCUT2D eigenvalue weighted by atomic mass is 32.2. The normalized spacial score (nSPS) is 13.9. The van der Waals surface area contributed by atoms with E-state index in [-0.39, 0.29) is 12.5 Å². The molecule has 0 aliphatic carbocycles. The maximum atomic E-state index is 11.7. The Labute approximate surface area is 148 Å². The number of fused-ring (bicyclic) bond motifs is 1. The van der Waals surface area contributed by atoms with Gasteiger partial charge in [0.25, 0.3) is 0 Å². The molecule has 0 saturated carbocycles. The zero-order chi connectivity index (χ0) is 18.3. The number of carbonyl (C=O) groups is 1. The molecule has 25 heavy (non-hydrogen) atoms. The Morgan fingerprint density at radius 2 is 2.00 bits per heavy atom. The molecule has 1 aliphatic rings. The third-order valence-corrected chi connectivity index (χ3v) is 4.29. The van der Waals surface area contributed by atoms with E-state index in [1.165, 1.54) is 0 Å². The van der Waals surface area contributed by atoms with Crippen LogP contribution in [0.2, 0.25) is 0 Å². The minimum absolute atomic E-state index is 0.144. The van der Waals surface area contributed by atoms with Crippen LogP contribution in [0.25, 0.3) is 0 Å². The number of benzene rings is 1. The van der Waals surface area contributed by atoms with Crippen LogP contribution in [0.1, 0.15) is 24.8 Å². The third-order valence-electron chi connectivity index (χ3n) is 3.70. The van der Waals surface area contributed by atoms with E-state index in [2.05, 4.69) is 15.4 Å². The average Bonchev–Trinajstić information content (AvgIpc) is 2.54. The van der Waals surface area contributed by atoms with Crippen molar-refractivity contribution in [3.8, 4) is 5.75 Å². The summed E-state index contributed by atoms with van der Waals surface area (Å²) in [7, 11) is -3.44. The summed E-state index contributed by atoms with van der Waals surface area (Å²) in [5.41, 5.74) is 1.63. The molecule has 1 aromatic rings. The van der Waals surface area contributed by atoms with Crippen LogP contribution in [-0.4, -0.2) is 52.0 Å². The number of amides is 1. The molecule has 8 nitrogen and oxygen atoms in total. The highest BCUT2D eigenvalue weighted by Gasteiger charge is 2.23. The quantitative estimate of drug-likeness (QED) is 0.450. The van der Waals surface area contributed by atoms with Gasteiger partial charge in [0.1, 0.15) is 5.75 Å². The van der Waals surface area contributed by atoms with E-state index >= 15 is 0 Å². The second-order valence-electron chi connectivity index (χ2n) is 5.92. The molecule has 1 amide bonds. The monoisotopic (exact) mass is 371 g/mol. The predicted molar refractivity (Wildman–Crippen MR) is 96.5 cm³/mol. The van der Waals surface area contributed by atoms with Crippen molar-refractivity contribution in [1.82, 2.24) is 5.32 Å². The number of anilines is 2. The molecular formula is C16H25N3O5S. The van der Waals surface area contributed by atoms with Gasteiger partial charge in [-0.2, -0.15) is 0 Å². The van der Waals surface area contributed by atoms with E-state index in [9.17, 15) is 13.2 Å². The molecule has 0 spiro atoms. The van der Waals surface area contributed by atoms with Crippen LogP contribution in [0.3, 0.4) is 0 Å². The van der Waals surface area contributed by atoms with Crippen LogP contribution in [0.15, 0.2) is 12.1 Å². The summed E-state index contributed by atoms with van der Waals surface area (Å²) in [5.74, 6) is 0.513. The first-order chi connectivity index (χ1) is 11.9. The maximum absolute atomic E-state index is 11.7. The summed E-state index contributed by atoms with van der Waals surface area (Å²) in [5, 5.41) is 14.6. The first-order valence-electron chi connectivity index (χ1n) is 8.28. The average molecular weight is 371 g/mol. The van der Waals surface area contributed by atoms with E-state index < -0.39 is 10.0 Å². The molecule has 0 atom stereocenters. The number of aliphatic hydroxyl groups excluding tert-OH is 1. The number of nitrogens with one attached hydrogen (secondary N) is 3. The minimum atomic E-state index is -3.44. The number of rotatable bonds is 10. The van der Waals surface area contributed by atoms with Crippen molar-refractivity contribution >= 4 is 27.3 Å². The number of ether oxygens (including phenoxy) is 1. The van der Waals surface area contributed by atoms with Gasteiger partial charge in [-0.1, -0.05) is 0 Å². The Balaban J connectivity index is 2.02. The molecule has 4 N–H and O–H groups in total. The molecule has 0 unspecified atom stereocenters. The lowest BCUT2D eigenvalue weighted by atomic mass is 10.0. The third kappa shape index (κ3) is 6.18. The Bertz CT molecular complexity index is 706. The fraction of sp³-hybridized carbons (Fsp3) is 0.562. The fourth-order valence-electron chi connectivity index (χ4n) is 2.59.